The van der Waals surface area contributed by atoms with Crippen molar-refractivity contribution in [3.63, 3.8) is 0 Å². The van der Waals surface area contributed by atoms with Crippen molar-refractivity contribution < 1.29 is 9.47 Å². The fraction of sp³-hybridized carbons (Fsp3) is 0.600. The van der Waals surface area contributed by atoms with Crippen LogP contribution in [0.4, 0.5) is 0 Å². The van der Waals surface area contributed by atoms with Gasteiger partial charge in [0.2, 0.25) is 0 Å². The quantitative estimate of drug-likeness (QED) is 0.798. The van der Waals surface area contributed by atoms with E-state index < -0.39 is 0 Å². The summed E-state index contributed by atoms with van der Waals surface area (Å²) in [5.41, 5.74) is 0.120. The van der Waals surface area contributed by atoms with E-state index in [1.807, 2.05) is 24.3 Å². The average Bonchev–Trinajstić information content (AvgIpc) is 2.80. The number of hydrogen-bond acceptors (Lipinski definition) is 2. The molecular formula is C15H19ClO2. The van der Waals surface area contributed by atoms with Crippen LogP contribution in [0.3, 0.4) is 0 Å². The van der Waals surface area contributed by atoms with E-state index in [1.54, 1.807) is 0 Å². The SMILES string of the molecule is Clc1ccc(OC2CCOC3(CCCC3)C2)cc1. The Morgan fingerprint density at radius 2 is 1.89 bits per heavy atom. The standard InChI is InChI=1S/C15H19ClO2/c16-12-3-5-13(6-4-12)18-14-7-10-17-15(11-14)8-1-2-9-15/h3-6,14H,1-2,7-11H2. The Morgan fingerprint density at radius 3 is 2.61 bits per heavy atom. The molecular weight excluding hydrogens is 248 g/mol. The third-order valence-electron chi connectivity index (χ3n) is 4.08. The monoisotopic (exact) mass is 266 g/mol. The molecule has 2 aliphatic rings. The first-order valence-corrected chi connectivity index (χ1v) is 7.20. The second-order valence-electron chi connectivity index (χ2n) is 5.43. The number of ether oxygens (including phenoxy) is 2. The third-order valence-corrected chi connectivity index (χ3v) is 4.33. The molecule has 1 aromatic rings. The summed E-state index contributed by atoms with van der Waals surface area (Å²) in [6.07, 6.45) is 7.32. The van der Waals surface area contributed by atoms with Crippen LogP contribution in [0.25, 0.3) is 0 Å². The van der Waals surface area contributed by atoms with Gasteiger partial charge in [0.15, 0.2) is 0 Å². The van der Waals surface area contributed by atoms with Gasteiger partial charge in [-0.25, -0.2) is 0 Å². The van der Waals surface area contributed by atoms with Gasteiger partial charge < -0.3 is 9.47 Å². The van der Waals surface area contributed by atoms with Gasteiger partial charge in [-0.15, -0.1) is 0 Å². The maximum atomic E-state index is 6.06. The minimum Gasteiger partial charge on any atom is -0.490 e. The van der Waals surface area contributed by atoms with Crippen LogP contribution in [0.5, 0.6) is 5.75 Å². The summed E-state index contributed by atoms with van der Waals surface area (Å²) in [4.78, 5) is 0. The van der Waals surface area contributed by atoms with Crippen LogP contribution < -0.4 is 4.74 Å². The first-order valence-electron chi connectivity index (χ1n) is 6.82. The van der Waals surface area contributed by atoms with Crippen LogP contribution in [0, 0.1) is 0 Å². The molecule has 0 radical (unpaired) electrons. The Morgan fingerprint density at radius 1 is 1.17 bits per heavy atom. The summed E-state index contributed by atoms with van der Waals surface area (Å²) in [6, 6.07) is 7.64. The molecule has 3 heteroatoms. The van der Waals surface area contributed by atoms with E-state index in [0.29, 0.717) is 0 Å². The van der Waals surface area contributed by atoms with Gasteiger partial charge in [-0.3, -0.25) is 0 Å². The van der Waals surface area contributed by atoms with Gasteiger partial charge in [0.25, 0.3) is 0 Å². The highest BCUT2D eigenvalue weighted by Crippen LogP contribution is 2.40. The number of hydrogen-bond donors (Lipinski definition) is 0. The highest BCUT2D eigenvalue weighted by atomic mass is 35.5. The van der Waals surface area contributed by atoms with Crippen LogP contribution in [-0.2, 0) is 4.74 Å². The summed E-state index contributed by atoms with van der Waals surface area (Å²) in [5, 5.41) is 0.751. The molecule has 0 N–H and O–H groups in total. The third kappa shape index (κ3) is 2.65. The Balaban J connectivity index is 1.64. The first-order chi connectivity index (χ1) is 8.76. The van der Waals surface area contributed by atoms with Gasteiger partial charge in [0.1, 0.15) is 11.9 Å². The number of halogens is 1. The van der Waals surface area contributed by atoms with Gasteiger partial charge in [-0.05, 0) is 37.1 Å². The van der Waals surface area contributed by atoms with E-state index in [-0.39, 0.29) is 11.7 Å². The molecule has 1 atom stereocenters. The van der Waals surface area contributed by atoms with Crippen molar-refractivity contribution in [2.24, 2.45) is 0 Å². The van der Waals surface area contributed by atoms with Gasteiger partial charge in [0.05, 0.1) is 12.2 Å². The molecule has 1 aromatic carbocycles. The molecule has 1 unspecified atom stereocenters. The largest absolute Gasteiger partial charge is 0.490 e. The zero-order valence-electron chi connectivity index (χ0n) is 10.5. The summed E-state index contributed by atoms with van der Waals surface area (Å²) in [7, 11) is 0. The summed E-state index contributed by atoms with van der Waals surface area (Å²) >= 11 is 5.88. The molecule has 2 nitrogen and oxygen atoms in total. The molecule has 0 aromatic heterocycles. The van der Waals surface area contributed by atoms with Crippen LogP contribution >= 0.6 is 11.6 Å². The van der Waals surface area contributed by atoms with Crippen LogP contribution in [0.15, 0.2) is 24.3 Å². The van der Waals surface area contributed by atoms with Gasteiger partial charge in [-0.2, -0.15) is 0 Å². The molecule has 2 fully saturated rings. The van der Waals surface area contributed by atoms with E-state index in [0.717, 1.165) is 30.2 Å². The summed E-state index contributed by atoms with van der Waals surface area (Å²) in [5.74, 6) is 0.916. The lowest BCUT2D eigenvalue weighted by molar-refractivity contribution is -0.108. The zero-order chi connectivity index (χ0) is 12.4. The minimum absolute atomic E-state index is 0.120. The maximum Gasteiger partial charge on any atom is 0.119 e. The molecule has 1 saturated heterocycles. The molecule has 18 heavy (non-hydrogen) atoms. The Labute approximate surface area is 113 Å². The molecule has 3 rings (SSSR count). The highest BCUT2D eigenvalue weighted by molar-refractivity contribution is 6.30. The van der Waals surface area contributed by atoms with Crippen molar-refractivity contribution in [1.82, 2.24) is 0 Å². The van der Waals surface area contributed by atoms with Crippen LogP contribution in [0.1, 0.15) is 38.5 Å². The lowest BCUT2D eigenvalue weighted by Crippen LogP contribution is -2.41. The molecule has 1 aliphatic heterocycles. The Bertz CT molecular complexity index is 395. The topological polar surface area (TPSA) is 18.5 Å². The lowest BCUT2D eigenvalue weighted by Gasteiger charge is -2.38. The number of rotatable bonds is 2. The Hall–Kier alpha value is -0.730. The predicted molar refractivity (Wildman–Crippen MR) is 72.3 cm³/mol. The minimum atomic E-state index is 0.120. The first kappa shape index (κ1) is 12.3. The second kappa shape index (κ2) is 5.10. The van der Waals surface area contributed by atoms with E-state index >= 15 is 0 Å². The van der Waals surface area contributed by atoms with Gasteiger partial charge >= 0.3 is 0 Å². The van der Waals surface area contributed by atoms with Crippen molar-refractivity contribution in [1.29, 1.82) is 0 Å². The van der Waals surface area contributed by atoms with E-state index in [9.17, 15) is 0 Å². The summed E-state index contributed by atoms with van der Waals surface area (Å²) < 4.78 is 12.1. The fourth-order valence-corrected chi connectivity index (χ4v) is 3.28. The maximum absolute atomic E-state index is 6.06. The average molecular weight is 267 g/mol. The molecule has 1 aliphatic carbocycles. The second-order valence-corrected chi connectivity index (χ2v) is 5.86. The van der Waals surface area contributed by atoms with E-state index in [1.165, 1.54) is 25.7 Å². The molecule has 1 spiro atoms. The molecule has 98 valence electrons. The summed E-state index contributed by atoms with van der Waals surface area (Å²) in [6.45, 7) is 0.832. The predicted octanol–water partition coefficient (Wildman–Crippen LogP) is 4.21. The van der Waals surface area contributed by atoms with Crippen LogP contribution in [-0.4, -0.2) is 18.3 Å². The van der Waals surface area contributed by atoms with Crippen molar-refractivity contribution in [3.05, 3.63) is 29.3 Å². The van der Waals surface area contributed by atoms with E-state index in [2.05, 4.69) is 0 Å². The highest BCUT2D eigenvalue weighted by Gasteiger charge is 2.40. The lowest BCUT2D eigenvalue weighted by atomic mass is 9.90. The van der Waals surface area contributed by atoms with Crippen LogP contribution in [0.2, 0.25) is 5.02 Å². The van der Waals surface area contributed by atoms with Crippen molar-refractivity contribution >= 4 is 11.6 Å². The number of benzene rings is 1. The zero-order valence-corrected chi connectivity index (χ0v) is 11.3. The van der Waals surface area contributed by atoms with Crippen molar-refractivity contribution in [2.75, 3.05) is 6.61 Å². The van der Waals surface area contributed by atoms with Crippen molar-refractivity contribution in [2.45, 2.75) is 50.2 Å². The van der Waals surface area contributed by atoms with Gasteiger partial charge in [0, 0.05) is 17.9 Å². The fourth-order valence-electron chi connectivity index (χ4n) is 3.16. The van der Waals surface area contributed by atoms with Gasteiger partial charge in [-0.1, -0.05) is 24.4 Å². The molecule has 1 heterocycles. The van der Waals surface area contributed by atoms with E-state index in [4.69, 9.17) is 21.1 Å². The molecule has 0 amide bonds. The molecule has 1 saturated carbocycles. The smallest absolute Gasteiger partial charge is 0.119 e. The molecule has 0 bridgehead atoms. The Kier molecular flexibility index (Phi) is 3.49. The van der Waals surface area contributed by atoms with Crippen molar-refractivity contribution in [3.8, 4) is 5.75 Å². The normalized spacial score (nSPS) is 26.4.